The highest BCUT2D eigenvalue weighted by Crippen LogP contribution is 2.27. The van der Waals surface area contributed by atoms with Gasteiger partial charge in [-0.15, -0.1) is 0 Å². The summed E-state index contributed by atoms with van der Waals surface area (Å²) < 4.78 is 2.00. The molecule has 2 aromatic carbocycles. The van der Waals surface area contributed by atoms with Crippen molar-refractivity contribution >= 4 is 60.1 Å². The van der Waals surface area contributed by atoms with E-state index < -0.39 is 0 Å². The number of hydrogen-bond donors (Lipinski definition) is 2. The van der Waals surface area contributed by atoms with Gasteiger partial charge in [0.05, 0.1) is 10.2 Å². The largest absolute Gasteiger partial charge is 0.326 e. The molecule has 28 heavy (non-hydrogen) atoms. The fourth-order valence-electron chi connectivity index (χ4n) is 2.82. The van der Waals surface area contributed by atoms with Gasteiger partial charge in [-0.3, -0.25) is 9.59 Å². The number of carbonyl (C=O) groups excluding carboxylic acids is 2. The van der Waals surface area contributed by atoms with Crippen LogP contribution in [0, 0.1) is 6.92 Å². The molecule has 1 heterocycles. The number of aryl methyl sites for hydroxylation is 2. The number of halogens is 1. The molecule has 5 nitrogen and oxygen atoms in total. The summed E-state index contributed by atoms with van der Waals surface area (Å²) in [6, 6.07) is 11.8. The first-order valence-corrected chi connectivity index (χ1v) is 10.8. The molecule has 2 N–H and O–H groups in total. The molecule has 0 aliphatic heterocycles. The highest BCUT2D eigenvalue weighted by atomic mass is 79.9. The molecule has 0 saturated carbocycles. The summed E-state index contributed by atoms with van der Waals surface area (Å²) in [4.78, 5) is 28.5. The third kappa shape index (κ3) is 5.39. The Morgan fingerprint density at radius 1 is 1.07 bits per heavy atom. The lowest BCUT2D eigenvalue weighted by molar-refractivity contribution is -0.117. The fourth-order valence-corrected chi connectivity index (χ4v) is 4.25. The molecule has 0 spiro atoms. The molecule has 0 saturated heterocycles. The van der Waals surface area contributed by atoms with Crippen LogP contribution in [0.3, 0.4) is 0 Å². The molecule has 1 aromatic heterocycles. The van der Waals surface area contributed by atoms with Gasteiger partial charge >= 0.3 is 0 Å². The van der Waals surface area contributed by atoms with Crippen molar-refractivity contribution in [3.05, 3.63) is 52.0 Å². The van der Waals surface area contributed by atoms with Crippen molar-refractivity contribution in [2.75, 3.05) is 10.6 Å². The van der Waals surface area contributed by atoms with Crippen molar-refractivity contribution in [3.63, 3.8) is 0 Å². The molecule has 7 heteroatoms. The number of hydrogen-bond acceptors (Lipinski definition) is 4. The third-order valence-corrected chi connectivity index (χ3v) is 5.71. The summed E-state index contributed by atoms with van der Waals surface area (Å²) in [5.41, 5.74) is 3.78. The first-order valence-electron chi connectivity index (χ1n) is 9.20. The molecule has 0 aliphatic rings. The molecule has 0 bridgehead atoms. The zero-order valence-electron chi connectivity index (χ0n) is 15.8. The Bertz CT molecular complexity index is 1020. The molecular formula is C21H22BrN3O2S. The summed E-state index contributed by atoms with van der Waals surface area (Å²) in [6.07, 6.45) is 2.35. The minimum absolute atomic E-state index is 0.0117. The second-order valence-electron chi connectivity index (χ2n) is 6.63. The average Bonchev–Trinajstić information content (AvgIpc) is 3.03. The zero-order chi connectivity index (χ0) is 20.1. The Morgan fingerprint density at radius 3 is 2.61 bits per heavy atom. The van der Waals surface area contributed by atoms with Gasteiger partial charge in [-0.25, -0.2) is 4.98 Å². The van der Waals surface area contributed by atoms with E-state index in [1.165, 1.54) is 11.3 Å². The van der Waals surface area contributed by atoms with Crippen LogP contribution in [0.25, 0.3) is 10.2 Å². The maximum atomic E-state index is 12.3. The monoisotopic (exact) mass is 459 g/mol. The summed E-state index contributed by atoms with van der Waals surface area (Å²) in [7, 11) is 0. The van der Waals surface area contributed by atoms with Gasteiger partial charge in [0.2, 0.25) is 11.8 Å². The van der Waals surface area contributed by atoms with Crippen molar-refractivity contribution in [1.29, 1.82) is 0 Å². The van der Waals surface area contributed by atoms with E-state index in [0.29, 0.717) is 24.4 Å². The molecule has 3 aromatic rings. The maximum absolute atomic E-state index is 12.3. The van der Waals surface area contributed by atoms with Crippen LogP contribution >= 0.6 is 27.3 Å². The summed E-state index contributed by atoms with van der Waals surface area (Å²) in [6.45, 7) is 3.94. The fraction of sp³-hybridized carbons (Fsp3) is 0.286. The van der Waals surface area contributed by atoms with Gasteiger partial charge in [-0.1, -0.05) is 40.3 Å². The quantitative estimate of drug-likeness (QED) is 0.477. The molecular weight excluding hydrogens is 438 g/mol. The molecule has 3 rings (SSSR count). The number of aromatic nitrogens is 1. The van der Waals surface area contributed by atoms with Crippen LogP contribution in [0.4, 0.5) is 10.8 Å². The molecule has 0 unspecified atom stereocenters. The second-order valence-corrected chi connectivity index (χ2v) is 8.57. The smallest absolute Gasteiger partial charge is 0.226 e. The minimum Gasteiger partial charge on any atom is -0.326 e. The predicted octanol–water partition coefficient (Wildman–Crippen LogP) is 5.68. The topological polar surface area (TPSA) is 71.1 Å². The van der Waals surface area contributed by atoms with E-state index >= 15 is 0 Å². The standard InChI is InChI=1S/C21H22BrN3O2S/c1-3-4-19(26)25-21-24-17-8-5-14(12-18(17)28-21)6-10-20(27)23-16-9-7-15(22)11-13(16)2/h5,7-9,11-12H,3-4,6,10H2,1-2H3,(H,23,27)(H,24,25,26). The average molecular weight is 460 g/mol. The number of carbonyl (C=O) groups is 2. The number of nitrogens with one attached hydrogen (secondary N) is 2. The Balaban J connectivity index is 1.60. The van der Waals surface area contributed by atoms with E-state index in [9.17, 15) is 9.59 Å². The van der Waals surface area contributed by atoms with Gasteiger partial charge in [0.25, 0.3) is 0 Å². The van der Waals surface area contributed by atoms with Crippen LogP contribution in [0.1, 0.15) is 37.3 Å². The van der Waals surface area contributed by atoms with E-state index in [1.807, 2.05) is 50.2 Å². The minimum atomic E-state index is -0.0123. The number of fused-ring (bicyclic) bond motifs is 1. The number of rotatable bonds is 7. The summed E-state index contributed by atoms with van der Waals surface area (Å²) >= 11 is 4.88. The maximum Gasteiger partial charge on any atom is 0.226 e. The number of thiazole rings is 1. The van der Waals surface area contributed by atoms with Crippen LogP contribution in [0.5, 0.6) is 0 Å². The zero-order valence-corrected chi connectivity index (χ0v) is 18.2. The van der Waals surface area contributed by atoms with Crippen molar-refractivity contribution in [1.82, 2.24) is 4.98 Å². The highest BCUT2D eigenvalue weighted by molar-refractivity contribution is 9.10. The van der Waals surface area contributed by atoms with Crippen LogP contribution in [0.2, 0.25) is 0 Å². The van der Waals surface area contributed by atoms with E-state index in [-0.39, 0.29) is 11.8 Å². The van der Waals surface area contributed by atoms with Crippen molar-refractivity contribution < 1.29 is 9.59 Å². The summed E-state index contributed by atoms with van der Waals surface area (Å²) in [5.74, 6) is -0.0240. The lowest BCUT2D eigenvalue weighted by Crippen LogP contribution is -2.13. The van der Waals surface area contributed by atoms with E-state index in [1.54, 1.807) is 0 Å². The SMILES string of the molecule is CCCC(=O)Nc1nc2ccc(CCC(=O)Nc3ccc(Br)cc3C)cc2s1. The third-order valence-electron chi connectivity index (χ3n) is 4.28. The lowest BCUT2D eigenvalue weighted by atomic mass is 10.1. The highest BCUT2D eigenvalue weighted by Gasteiger charge is 2.10. The van der Waals surface area contributed by atoms with E-state index in [0.717, 1.165) is 37.9 Å². The van der Waals surface area contributed by atoms with E-state index in [2.05, 4.69) is 31.5 Å². The van der Waals surface area contributed by atoms with Crippen molar-refractivity contribution in [2.24, 2.45) is 0 Å². The normalized spacial score (nSPS) is 10.8. The van der Waals surface area contributed by atoms with Crippen molar-refractivity contribution in [3.8, 4) is 0 Å². The lowest BCUT2D eigenvalue weighted by Gasteiger charge is -2.09. The van der Waals surface area contributed by atoms with Crippen molar-refractivity contribution in [2.45, 2.75) is 39.5 Å². The van der Waals surface area contributed by atoms with Crippen LogP contribution in [-0.4, -0.2) is 16.8 Å². The first kappa shape index (κ1) is 20.5. The molecule has 0 radical (unpaired) electrons. The van der Waals surface area contributed by atoms with Gasteiger partial charge in [0.1, 0.15) is 0 Å². The number of amides is 2. The second kappa shape index (κ2) is 9.30. The Kier molecular flexibility index (Phi) is 6.80. The number of benzene rings is 2. The number of nitrogens with zero attached hydrogens (tertiary/aromatic N) is 1. The van der Waals surface area contributed by atoms with Gasteiger partial charge < -0.3 is 10.6 Å². The van der Waals surface area contributed by atoms with Gasteiger partial charge in [-0.2, -0.15) is 0 Å². The van der Waals surface area contributed by atoms with Gasteiger partial charge in [0.15, 0.2) is 5.13 Å². The predicted molar refractivity (Wildman–Crippen MR) is 119 cm³/mol. The van der Waals surface area contributed by atoms with Crippen LogP contribution in [-0.2, 0) is 16.0 Å². The van der Waals surface area contributed by atoms with Crippen LogP contribution < -0.4 is 10.6 Å². The number of anilines is 2. The Hall–Kier alpha value is -2.25. The molecule has 0 atom stereocenters. The molecule has 0 aliphatic carbocycles. The molecule has 0 fully saturated rings. The summed E-state index contributed by atoms with van der Waals surface area (Å²) in [5, 5.41) is 6.42. The Morgan fingerprint density at radius 2 is 1.86 bits per heavy atom. The van der Waals surface area contributed by atoms with Gasteiger partial charge in [-0.05, 0) is 61.2 Å². The molecule has 2 amide bonds. The van der Waals surface area contributed by atoms with Crippen LogP contribution in [0.15, 0.2) is 40.9 Å². The Labute approximate surface area is 176 Å². The first-order chi connectivity index (χ1) is 13.4. The van der Waals surface area contributed by atoms with E-state index in [4.69, 9.17) is 0 Å². The van der Waals surface area contributed by atoms with Gasteiger partial charge in [0, 0.05) is 23.0 Å². The molecule has 146 valence electrons.